The molecule has 0 saturated heterocycles. The van der Waals surface area contributed by atoms with E-state index in [2.05, 4.69) is 32.4 Å². The molecule has 0 radical (unpaired) electrons. The molecule has 0 fully saturated rings. The number of amides is 1. The fraction of sp³-hybridized carbons (Fsp3) is 0.333. The van der Waals surface area contributed by atoms with Crippen LogP contribution in [0.25, 0.3) is 0 Å². The Balaban J connectivity index is 2.09. The number of hydrogen-bond acceptors (Lipinski definition) is 2. The maximum absolute atomic E-state index is 12.2. The molecular weight excluding hydrogens is 318 g/mol. The Morgan fingerprint density at radius 1 is 1.45 bits per heavy atom. The average molecular weight is 336 g/mol. The third-order valence-corrected chi connectivity index (χ3v) is 3.60. The summed E-state index contributed by atoms with van der Waals surface area (Å²) in [6.07, 6.45) is 3.82. The van der Waals surface area contributed by atoms with Gasteiger partial charge >= 0.3 is 0 Å². The molecule has 2 rings (SSSR count). The van der Waals surface area contributed by atoms with Crippen LogP contribution in [0.1, 0.15) is 28.0 Å². The highest BCUT2D eigenvalue weighted by molar-refractivity contribution is 9.09. The second kappa shape index (κ2) is 6.70. The lowest BCUT2D eigenvalue weighted by Gasteiger charge is -2.06. The molecule has 0 bridgehead atoms. The molecule has 1 heterocycles. The van der Waals surface area contributed by atoms with Gasteiger partial charge in [0.25, 0.3) is 5.91 Å². The van der Waals surface area contributed by atoms with E-state index in [1.807, 2.05) is 32.2 Å². The van der Waals surface area contributed by atoms with Crippen molar-refractivity contribution in [1.29, 1.82) is 0 Å². The van der Waals surface area contributed by atoms with Crippen LogP contribution < -0.4 is 5.32 Å². The van der Waals surface area contributed by atoms with Gasteiger partial charge in [-0.25, -0.2) is 0 Å². The molecule has 1 N–H and O–H groups in total. The molecule has 0 spiro atoms. The fourth-order valence-corrected chi connectivity index (χ4v) is 2.38. The van der Waals surface area contributed by atoms with E-state index in [1.165, 1.54) is 5.56 Å². The Morgan fingerprint density at radius 2 is 2.25 bits per heavy atom. The molecule has 1 amide bonds. The molecule has 1 aromatic heterocycles. The second-order valence-electron chi connectivity index (χ2n) is 4.75. The van der Waals surface area contributed by atoms with Crippen molar-refractivity contribution < 1.29 is 4.79 Å². The van der Waals surface area contributed by atoms with E-state index in [1.54, 1.807) is 10.9 Å². The number of benzene rings is 1. The van der Waals surface area contributed by atoms with Gasteiger partial charge in [0.2, 0.25) is 0 Å². The predicted octanol–water partition coefficient (Wildman–Crippen LogP) is 3.31. The summed E-state index contributed by atoms with van der Waals surface area (Å²) < 4.78 is 1.65. The second-order valence-corrected chi connectivity index (χ2v) is 5.54. The van der Waals surface area contributed by atoms with Crippen molar-refractivity contribution in [2.24, 2.45) is 7.05 Å². The summed E-state index contributed by atoms with van der Waals surface area (Å²) in [5, 5.41) is 8.09. The van der Waals surface area contributed by atoms with Crippen LogP contribution in [0.3, 0.4) is 0 Å². The first-order valence-corrected chi connectivity index (χ1v) is 7.69. The van der Waals surface area contributed by atoms with E-state index >= 15 is 0 Å². The van der Waals surface area contributed by atoms with E-state index in [9.17, 15) is 4.79 Å². The maximum Gasteiger partial charge on any atom is 0.259 e. The number of hydrogen-bond donors (Lipinski definition) is 1. The molecule has 0 unspecified atom stereocenters. The zero-order chi connectivity index (χ0) is 14.5. The van der Waals surface area contributed by atoms with Crippen molar-refractivity contribution in [2.75, 3.05) is 10.6 Å². The van der Waals surface area contributed by atoms with E-state index in [0.29, 0.717) is 5.56 Å². The van der Waals surface area contributed by atoms with Gasteiger partial charge in [-0.05, 0) is 37.5 Å². The van der Waals surface area contributed by atoms with Gasteiger partial charge in [0, 0.05) is 24.3 Å². The van der Waals surface area contributed by atoms with Gasteiger partial charge < -0.3 is 5.32 Å². The normalized spacial score (nSPS) is 10.6. The Labute approximate surface area is 127 Å². The minimum Gasteiger partial charge on any atom is -0.322 e. The van der Waals surface area contributed by atoms with E-state index in [0.717, 1.165) is 29.6 Å². The summed E-state index contributed by atoms with van der Waals surface area (Å²) in [5.74, 6) is -0.117. The number of nitrogens with zero attached hydrogens (tertiary/aromatic N) is 2. The topological polar surface area (TPSA) is 46.9 Å². The zero-order valence-corrected chi connectivity index (χ0v) is 13.3. The number of carbonyl (C=O) groups excluding carboxylic acids is 1. The standard InChI is InChI=1S/C15H18BrN3O/c1-11-14(10-19(2)18-11)15(20)17-13-7-3-5-12(9-13)6-4-8-16/h3,5,7,9-10H,4,6,8H2,1-2H3,(H,17,20). The van der Waals surface area contributed by atoms with Crippen molar-refractivity contribution in [1.82, 2.24) is 9.78 Å². The largest absolute Gasteiger partial charge is 0.322 e. The lowest BCUT2D eigenvalue weighted by atomic mass is 10.1. The van der Waals surface area contributed by atoms with Crippen molar-refractivity contribution in [2.45, 2.75) is 19.8 Å². The van der Waals surface area contributed by atoms with Gasteiger partial charge in [0.1, 0.15) is 0 Å². The van der Waals surface area contributed by atoms with Gasteiger partial charge in [-0.15, -0.1) is 0 Å². The van der Waals surface area contributed by atoms with Crippen molar-refractivity contribution in [3.05, 3.63) is 47.3 Å². The lowest BCUT2D eigenvalue weighted by Crippen LogP contribution is -2.12. The Morgan fingerprint density at radius 3 is 2.90 bits per heavy atom. The molecule has 2 aromatic rings. The number of alkyl halides is 1. The predicted molar refractivity (Wildman–Crippen MR) is 84.5 cm³/mol. The monoisotopic (exact) mass is 335 g/mol. The molecule has 4 nitrogen and oxygen atoms in total. The first-order valence-electron chi connectivity index (χ1n) is 6.56. The molecule has 0 aliphatic carbocycles. The third kappa shape index (κ3) is 3.70. The van der Waals surface area contributed by atoms with Crippen molar-refractivity contribution in [3.63, 3.8) is 0 Å². The molecule has 0 aliphatic heterocycles. The van der Waals surface area contributed by atoms with Crippen LogP contribution in [0.2, 0.25) is 0 Å². The minimum atomic E-state index is -0.117. The van der Waals surface area contributed by atoms with Crippen LogP contribution in [0.4, 0.5) is 5.69 Å². The number of aryl methyl sites for hydroxylation is 3. The molecular formula is C15H18BrN3O. The van der Waals surface area contributed by atoms with E-state index in [-0.39, 0.29) is 5.91 Å². The maximum atomic E-state index is 12.2. The number of anilines is 1. The highest BCUT2D eigenvalue weighted by atomic mass is 79.9. The highest BCUT2D eigenvalue weighted by Gasteiger charge is 2.12. The molecule has 20 heavy (non-hydrogen) atoms. The fourth-order valence-electron chi connectivity index (χ4n) is 2.10. The van der Waals surface area contributed by atoms with Crippen LogP contribution in [0.15, 0.2) is 30.5 Å². The number of aromatic nitrogens is 2. The van der Waals surface area contributed by atoms with E-state index < -0.39 is 0 Å². The summed E-state index contributed by atoms with van der Waals surface area (Å²) in [7, 11) is 1.81. The third-order valence-electron chi connectivity index (χ3n) is 3.04. The molecule has 0 aliphatic rings. The first-order chi connectivity index (χ1) is 9.60. The van der Waals surface area contributed by atoms with Crippen LogP contribution in [0, 0.1) is 6.92 Å². The molecule has 0 saturated carbocycles. The Kier molecular flexibility index (Phi) is 4.95. The summed E-state index contributed by atoms with van der Waals surface area (Å²) in [4.78, 5) is 12.2. The average Bonchev–Trinajstić information content (AvgIpc) is 2.76. The van der Waals surface area contributed by atoms with Crippen LogP contribution in [-0.2, 0) is 13.5 Å². The van der Waals surface area contributed by atoms with Gasteiger partial charge in [-0.3, -0.25) is 9.48 Å². The number of rotatable bonds is 5. The van der Waals surface area contributed by atoms with Gasteiger partial charge in [0.05, 0.1) is 11.3 Å². The molecule has 1 aromatic carbocycles. The highest BCUT2D eigenvalue weighted by Crippen LogP contribution is 2.15. The van der Waals surface area contributed by atoms with Crippen LogP contribution in [0.5, 0.6) is 0 Å². The smallest absolute Gasteiger partial charge is 0.259 e. The number of halogens is 1. The Bertz CT molecular complexity index is 607. The summed E-state index contributed by atoms with van der Waals surface area (Å²) in [6, 6.07) is 7.97. The number of carbonyl (C=O) groups is 1. The van der Waals surface area contributed by atoms with Gasteiger partial charge in [-0.2, -0.15) is 5.10 Å². The van der Waals surface area contributed by atoms with Crippen molar-refractivity contribution in [3.8, 4) is 0 Å². The molecule has 5 heteroatoms. The zero-order valence-electron chi connectivity index (χ0n) is 11.7. The van der Waals surface area contributed by atoms with E-state index in [4.69, 9.17) is 0 Å². The lowest BCUT2D eigenvalue weighted by molar-refractivity contribution is 0.102. The Hall–Kier alpha value is -1.62. The first kappa shape index (κ1) is 14.8. The number of nitrogens with one attached hydrogen (secondary N) is 1. The summed E-state index contributed by atoms with van der Waals surface area (Å²) in [5.41, 5.74) is 3.40. The van der Waals surface area contributed by atoms with Crippen molar-refractivity contribution >= 4 is 27.5 Å². The van der Waals surface area contributed by atoms with Gasteiger partial charge in [-0.1, -0.05) is 28.1 Å². The molecule has 106 valence electrons. The van der Waals surface area contributed by atoms with Gasteiger partial charge in [0.15, 0.2) is 0 Å². The summed E-state index contributed by atoms with van der Waals surface area (Å²) in [6.45, 7) is 1.83. The minimum absolute atomic E-state index is 0.117. The SMILES string of the molecule is Cc1nn(C)cc1C(=O)Nc1cccc(CCCBr)c1. The quantitative estimate of drug-likeness (QED) is 0.852. The van der Waals surface area contributed by atoms with Crippen LogP contribution in [-0.4, -0.2) is 21.0 Å². The molecule has 0 atom stereocenters. The summed E-state index contributed by atoms with van der Waals surface area (Å²) >= 11 is 3.43. The van der Waals surface area contributed by atoms with Crippen LogP contribution >= 0.6 is 15.9 Å².